The molecule has 3 atom stereocenters. The average Bonchev–Trinajstić information content (AvgIpc) is 3.21. The van der Waals surface area contributed by atoms with Gasteiger partial charge in [-0.1, -0.05) is 73.7 Å². The SMILES string of the molecule is COC(=O)C1(C(=O)OC)CC[C@@H](OCc2c(C)cccc2C)[C@@]2(C)c3ccccc3N(Cc3ccccc3)[C@@H]12. The van der Waals surface area contributed by atoms with Crippen LogP contribution in [0.15, 0.2) is 72.8 Å². The van der Waals surface area contributed by atoms with Crippen molar-refractivity contribution in [2.24, 2.45) is 5.41 Å². The van der Waals surface area contributed by atoms with Gasteiger partial charge >= 0.3 is 11.9 Å². The van der Waals surface area contributed by atoms with Crippen LogP contribution in [-0.2, 0) is 42.4 Å². The topological polar surface area (TPSA) is 65.1 Å². The molecule has 2 aliphatic rings. The van der Waals surface area contributed by atoms with Crippen molar-refractivity contribution in [3.63, 3.8) is 0 Å². The third-order valence-electron chi connectivity index (χ3n) is 8.98. The van der Waals surface area contributed by atoms with E-state index in [0.717, 1.165) is 16.8 Å². The van der Waals surface area contributed by atoms with Crippen molar-refractivity contribution in [1.82, 2.24) is 0 Å². The second-order valence-corrected chi connectivity index (χ2v) is 11.0. The Hall–Kier alpha value is -3.64. The summed E-state index contributed by atoms with van der Waals surface area (Å²) in [7, 11) is 2.69. The van der Waals surface area contributed by atoms with Crippen LogP contribution < -0.4 is 4.90 Å². The van der Waals surface area contributed by atoms with E-state index in [1.807, 2.05) is 30.3 Å². The molecule has 6 nitrogen and oxygen atoms in total. The zero-order valence-electron chi connectivity index (χ0n) is 23.4. The molecule has 3 aromatic carbocycles. The summed E-state index contributed by atoms with van der Waals surface area (Å²) in [5, 5.41) is 0. The number of anilines is 1. The summed E-state index contributed by atoms with van der Waals surface area (Å²) >= 11 is 0. The van der Waals surface area contributed by atoms with Crippen molar-refractivity contribution in [2.75, 3.05) is 19.1 Å². The number of carbonyl (C=O) groups excluding carboxylic acids is 2. The zero-order valence-corrected chi connectivity index (χ0v) is 23.4. The van der Waals surface area contributed by atoms with Crippen LogP contribution in [0, 0.1) is 19.3 Å². The lowest BCUT2D eigenvalue weighted by Crippen LogP contribution is -2.68. The summed E-state index contributed by atoms with van der Waals surface area (Å²) in [5.41, 5.74) is 4.48. The van der Waals surface area contributed by atoms with Crippen LogP contribution in [0.3, 0.4) is 0 Å². The average molecular weight is 528 g/mol. The molecule has 39 heavy (non-hydrogen) atoms. The van der Waals surface area contributed by atoms with Gasteiger partial charge < -0.3 is 19.1 Å². The molecule has 1 fully saturated rings. The van der Waals surface area contributed by atoms with E-state index in [4.69, 9.17) is 14.2 Å². The number of benzene rings is 3. The van der Waals surface area contributed by atoms with Gasteiger partial charge in [-0.25, -0.2) is 0 Å². The summed E-state index contributed by atoms with van der Waals surface area (Å²) in [6, 6.07) is 24.0. The number of fused-ring (bicyclic) bond motifs is 3. The first-order chi connectivity index (χ1) is 18.8. The van der Waals surface area contributed by atoms with E-state index in [1.165, 1.54) is 30.9 Å². The third kappa shape index (κ3) is 4.22. The Bertz CT molecular complexity index is 1330. The molecule has 0 saturated heterocycles. The monoisotopic (exact) mass is 527 g/mol. The minimum absolute atomic E-state index is 0.245. The van der Waals surface area contributed by atoms with Gasteiger partial charge in [0.2, 0.25) is 0 Å². The van der Waals surface area contributed by atoms with Crippen molar-refractivity contribution >= 4 is 17.6 Å². The number of hydrogen-bond acceptors (Lipinski definition) is 6. The van der Waals surface area contributed by atoms with Gasteiger partial charge in [0.25, 0.3) is 0 Å². The molecule has 0 N–H and O–H groups in total. The Morgan fingerprint density at radius 2 is 1.49 bits per heavy atom. The standard InChI is InChI=1S/C33H37NO5/c1-22-12-11-13-23(2)25(22)21-39-28-18-19-33(30(35)37-4,31(36)38-5)29-32(28,3)26-16-9-10-17-27(26)34(29)20-24-14-7-6-8-15-24/h6-17,28-29H,18-21H2,1-5H3/t28-,29-,32-/m1/s1. The predicted molar refractivity (Wildman–Crippen MR) is 150 cm³/mol. The van der Waals surface area contributed by atoms with E-state index in [1.54, 1.807) is 0 Å². The van der Waals surface area contributed by atoms with Crippen molar-refractivity contribution in [1.29, 1.82) is 0 Å². The molecule has 0 spiro atoms. The maximum absolute atomic E-state index is 13.7. The molecule has 0 amide bonds. The van der Waals surface area contributed by atoms with Crippen LogP contribution in [0.5, 0.6) is 0 Å². The number of aryl methyl sites for hydroxylation is 2. The first-order valence-corrected chi connectivity index (χ1v) is 13.5. The van der Waals surface area contributed by atoms with E-state index in [0.29, 0.717) is 19.6 Å². The molecule has 0 bridgehead atoms. The van der Waals surface area contributed by atoms with Crippen LogP contribution in [0.1, 0.15) is 47.6 Å². The summed E-state index contributed by atoms with van der Waals surface area (Å²) in [4.78, 5) is 29.6. The van der Waals surface area contributed by atoms with E-state index in [9.17, 15) is 9.59 Å². The molecule has 0 radical (unpaired) electrons. The number of esters is 2. The van der Waals surface area contributed by atoms with Gasteiger partial charge in [0.1, 0.15) is 0 Å². The van der Waals surface area contributed by atoms with Gasteiger partial charge in [0, 0.05) is 17.6 Å². The lowest BCUT2D eigenvalue weighted by atomic mass is 9.56. The Kier molecular flexibility index (Phi) is 7.25. The zero-order chi connectivity index (χ0) is 27.8. The minimum Gasteiger partial charge on any atom is -0.468 e. The second kappa shape index (κ2) is 10.5. The fourth-order valence-corrected chi connectivity index (χ4v) is 7.06. The van der Waals surface area contributed by atoms with Crippen molar-refractivity contribution in [3.8, 4) is 0 Å². The second-order valence-electron chi connectivity index (χ2n) is 11.0. The van der Waals surface area contributed by atoms with Gasteiger partial charge in [-0.05, 0) is 60.6 Å². The van der Waals surface area contributed by atoms with E-state index < -0.39 is 28.8 Å². The first kappa shape index (κ1) is 26.9. The van der Waals surface area contributed by atoms with E-state index in [-0.39, 0.29) is 12.5 Å². The summed E-state index contributed by atoms with van der Waals surface area (Å²) < 4.78 is 17.5. The third-order valence-corrected chi connectivity index (χ3v) is 8.98. The van der Waals surface area contributed by atoms with Gasteiger partial charge in [-0.3, -0.25) is 9.59 Å². The largest absolute Gasteiger partial charge is 0.468 e. The highest BCUT2D eigenvalue weighted by Gasteiger charge is 2.70. The Balaban J connectivity index is 1.66. The van der Waals surface area contributed by atoms with Crippen molar-refractivity contribution in [2.45, 2.75) is 64.3 Å². The molecule has 0 unspecified atom stereocenters. The number of carbonyl (C=O) groups is 2. The molecular formula is C33H37NO5. The van der Waals surface area contributed by atoms with Crippen molar-refractivity contribution < 1.29 is 23.8 Å². The Morgan fingerprint density at radius 1 is 0.872 bits per heavy atom. The van der Waals surface area contributed by atoms with Crippen molar-refractivity contribution in [3.05, 3.63) is 101 Å². The molecule has 5 rings (SSSR count). The fraction of sp³-hybridized carbons (Fsp3) is 0.394. The molecule has 1 heterocycles. The molecule has 204 valence electrons. The smallest absolute Gasteiger partial charge is 0.325 e. The Morgan fingerprint density at radius 3 is 2.13 bits per heavy atom. The number of para-hydroxylation sites is 1. The molecule has 6 heteroatoms. The van der Waals surface area contributed by atoms with Gasteiger partial charge in [-0.2, -0.15) is 0 Å². The molecule has 0 aromatic heterocycles. The summed E-state index contributed by atoms with van der Waals surface area (Å²) in [5.74, 6) is -1.13. The predicted octanol–water partition coefficient (Wildman–Crippen LogP) is 5.66. The molecule has 3 aromatic rings. The molecular weight excluding hydrogens is 490 g/mol. The number of methoxy groups -OCH3 is 2. The van der Waals surface area contributed by atoms with Gasteiger partial charge in [0.15, 0.2) is 5.41 Å². The highest BCUT2D eigenvalue weighted by atomic mass is 16.5. The number of hydrogen-bond donors (Lipinski definition) is 0. The lowest BCUT2D eigenvalue weighted by molar-refractivity contribution is -0.180. The van der Waals surface area contributed by atoms with Crippen LogP contribution in [0.4, 0.5) is 5.69 Å². The van der Waals surface area contributed by atoms with Gasteiger partial charge in [0.05, 0.1) is 33.0 Å². The number of ether oxygens (including phenoxy) is 3. The van der Waals surface area contributed by atoms with Crippen LogP contribution in [-0.4, -0.2) is 38.3 Å². The first-order valence-electron chi connectivity index (χ1n) is 13.5. The minimum atomic E-state index is -1.51. The normalized spacial score (nSPS) is 23.1. The maximum Gasteiger partial charge on any atom is 0.325 e. The van der Waals surface area contributed by atoms with Crippen LogP contribution in [0.2, 0.25) is 0 Å². The fourth-order valence-electron chi connectivity index (χ4n) is 7.06. The molecule has 1 saturated carbocycles. The maximum atomic E-state index is 13.7. The van der Waals surface area contributed by atoms with E-state index >= 15 is 0 Å². The Labute approximate surface area is 230 Å². The number of nitrogens with zero attached hydrogens (tertiary/aromatic N) is 1. The highest BCUT2D eigenvalue weighted by Crippen LogP contribution is 2.60. The summed E-state index contributed by atoms with van der Waals surface area (Å²) in [6.07, 6.45) is 0.532. The van der Waals surface area contributed by atoms with E-state index in [2.05, 4.69) is 68.1 Å². The van der Waals surface area contributed by atoms with Crippen LogP contribution in [0.25, 0.3) is 0 Å². The quantitative estimate of drug-likeness (QED) is 0.292. The lowest BCUT2D eigenvalue weighted by Gasteiger charge is -2.53. The highest BCUT2D eigenvalue weighted by molar-refractivity contribution is 6.02. The number of rotatable bonds is 7. The van der Waals surface area contributed by atoms with Gasteiger partial charge in [-0.15, -0.1) is 0 Å². The summed E-state index contributed by atoms with van der Waals surface area (Å²) in [6.45, 7) is 7.32. The van der Waals surface area contributed by atoms with Crippen LogP contribution >= 0.6 is 0 Å². The molecule has 1 aliphatic heterocycles. The molecule has 1 aliphatic carbocycles.